The van der Waals surface area contributed by atoms with E-state index in [-0.39, 0.29) is 6.03 Å². The summed E-state index contributed by atoms with van der Waals surface area (Å²) in [6.07, 6.45) is 3.37. The molecule has 1 aliphatic carbocycles. The molecule has 104 valence electrons. The average Bonchev–Trinajstić information content (AvgIpc) is 3.16. The molecule has 2 rings (SSSR count). The molecule has 2 fully saturated rings. The molecule has 1 saturated carbocycles. The highest BCUT2D eigenvalue weighted by Gasteiger charge is 2.26. The monoisotopic (exact) mass is 254 g/mol. The summed E-state index contributed by atoms with van der Waals surface area (Å²) in [6.45, 7) is 7.75. The van der Waals surface area contributed by atoms with Gasteiger partial charge in [0.25, 0.3) is 0 Å². The summed E-state index contributed by atoms with van der Waals surface area (Å²) in [6, 6.07) is 0.584. The average molecular weight is 254 g/mol. The van der Waals surface area contributed by atoms with Crippen LogP contribution in [0.2, 0.25) is 0 Å². The maximum absolute atomic E-state index is 12.0. The van der Waals surface area contributed by atoms with Crippen molar-refractivity contribution in [2.45, 2.75) is 32.2 Å². The normalized spacial score (nSPS) is 23.6. The van der Waals surface area contributed by atoms with Gasteiger partial charge in [-0.2, -0.15) is 0 Å². The summed E-state index contributed by atoms with van der Waals surface area (Å²) < 4.78 is 0. The number of nitrogens with zero attached hydrogens (tertiary/aromatic N) is 2. The van der Waals surface area contributed by atoms with E-state index in [2.05, 4.69) is 17.1 Å². The zero-order chi connectivity index (χ0) is 13.0. The van der Waals surface area contributed by atoms with Crippen LogP contribution in [0.5, 0.6) is 0 Å². The summed E-state index contributed by atoms with van der Waals surface area (Å²) in [7, 11) is 0. The largest absolute Gasteiger partial charge is 0.335 e. The van der Waals surface area contributed by atoms with E-state index in [4.69, 9.17) is 5.73 Å². The first-order valence-electron chi connectivity index (χ1n) is 7.17. The van der Waals surface area contributed by atoms with Gasteiger partial charge in [0.05, 0.1) is 0 Å². The first-order chi connectivity index (χ1) is 8.69. The van der Waals surface area contributed by atoms with Crippen molar-refractivity contribution < 1.29 is 4.79 Å². The molecular weight excluding hydrogens is 228 g/mol. The predicted octanol–water partition coefficient (Wildman–Crippen LogP) is 0.461. The topological polar surface area (TPSA) is 61.6 Å². The highest BCUT2D eigenvalue weighted by atomic mass is 16.2. The Balaban J connectivity index is 1.74. The van der Waals surface area contributed by atoms with Crippen LogP contribution in [0, 0.1) is 5.92 Å². The molecule has 1 atom stereocenters. The lowest BCUT2D eigenvalue weighted by Crippen LogP contribution is -2.43. The van der Waals surface area contributed by atoms with Crippen molar-refractivity contribution in [3.8, 4) is 0 Å². The van der Waals surface area contributed by atoms with Crippen LogP contribution in [0.4, 0.5) is 4.79 Å². The van der Waals surface area contributed by atoms with Crippen molar-refractivity contribution in [1.29, 1.82) is 0 Å². The molecule has 5 heteroatoms. The molecule has 5 nitrogen and oxygen atoms in total. The van der Waals surface area contributed by atoms with Crippen molar-refractivity contribution in [3.63, 3.8) is 0 Å². The van der Waals surface area contributed by atoms with Crippen LogP contribution < -0.4 is 11.1 Å². The second kappa shape index (κ2) is 6.38. The lowest BCUT2D eigenvalue weighted by atomic mass is 10.1. The molecule has 0 radical (unpaired) electrons. The number of hydrogen-bond donors (Lipinski definition) is 2. The van der Waals surface area contributed by atoms with Gasteiger partial charge in [0.2, 0.25) is 0 Å². The van der Waals surface area contributed by atoms with Crippen LogP contribution >= 0.6 is 0 Å². The number of hydrogen-bond acceptors (Lipinski definition) is 3. The van der Waals surface area contributed by atoms with Gasteiger partial charge in [-0.05, 0) is 38.3 Å². The smallest absolute Gasteiger partial charge is 0.317 e. The first kappa shape index (κ1) is 13.6. The van der Waals surface area contributed by atoms with Crippen molar-refractivity contribution in [2.75, 3.05) is 39.3 Å². The SMILES string of the molecule is CC(CN)CN1CCCN(C(=O)NC2CC2)CC1. The van der Waals surface area contributed by atoms with E-state index < -0.39 is 0 Å². The molecule has 18 heavy (non-hydrogen) atoms. The van der Waals surface area contributed by atoms with E-state index >= 15 is 0 Å². The van der Waals surface area contributed by atoms with Gasteiger partial charge >= 0.3 is 6.03 Å². The summed E-state index contributed by atoms with van der Waals surface area (Å²) in [5.74, 6) is 0.539. The minimum Gasteiger partial charge on any atom is -0.335 e. The van der Waals surface area contributed by atoms with Crippen molar-refractivity contribution in [2.24, 2.45) is 11.7 Å². The number of nitrogens with one attached hydrogen (secondary N) is 1. The van der Waals surface area contributed by atoms with Gasteiger partial charge in [-0.25, -0.2) is 4.79 Å². The number of amides is 2. The van der Waals surface area contributed by atoms with Gasteiger partial charge in [0.15, 0.2) is 0 Å². The maximum Gasteiger partial charge on any atom is 0.317 e. The van der Waals surface area contributed by atoms with Gasteiger partial charge in [0.1, 0.15) is 0 Å². The highest BCUT2D eigenvalue weighted by molar-refractivity contribution is 5.74. The molecule has 2 amide bonds. The molecule has 0 aromatic carbocycles. The van der Waals surface area contributed by atoms with E-state index in [1.54, 1.807) is 0 Å². The molecule has 1 unspecified atom stereocenters. The fraction of sp³-hybridized carbons (Fsp3) is 0.923. The van der Waals surface area contributed by atoms with Crippen LogP contribution in [0.3, 0.4) is 0 Å². The number of urea groups is 1. The van der Waals surface area contributed by atoms with Crippen LogP contribution in [0.1, 0.15) is 26.2 Å². The molecule has 0 spiro atoms. The van der Waals surface area contributed by atoms with E-state index in [1.807, 2.05) is 4.90 Å². The Labute approximate surface area is 110 Å². The van der Waals surface area contributed by atoms with Gasteiger partial charge < -0.3 is 20.9 Å². The van der Waals surface area contributed by atoms with Gasteiger partial charge in [-0.15, -0.1) is 0 Å². The zero-order valence-electron chi connectivity index (χ0n) is 11.4. The van der Waals surface area contributed by atoms with Gasteiger partial charge in [-0.3, -0.25) is 0 Å². The third-order valence-corrected chi connectivity index (χ3v) is 3.75. The Bertz CT molecular complexity index is 280. The Kier molecular flexibility index (Phi) is 4.83. The fourth-order valence-electron chi connectivity index (χ4n) is 2.37. The van der Waals surface area contributed by atoms with Gasteiger partial charge in [-0.1, -0.05) is 6.92 Å². The predicted molar refractivity (Wildman–Crippen MR) is 72.4 cm³/mol. The van der Waals surface area contributed by atoms with Crippen LogP contribution in [0.25, 0.3) is 0 Å². The van der Waals surface area contributed by atoms with Crippen LogP contribution in [-0.2, 0) is 0 Å². The Morgan fingerprint density at radius 1 is 1.33 bits per heavy atom. The molecule has 2 aliphatic rings. The maximum atomic E-state index is 12.0. The fourth-order valence-corrected chi connectivity index (χ4v) is 2.37. The Morgan fingerprint density at radius 2 is 2.11 bits per heavy atom. The molecule has 0 aromatic rings. The molecule has 0 aromatic heterocycles. The number of rotatable bonds is 4. The summed E-state index contributed by atoms with van der Waals surface area (Å²) in [4.78, 5) is 16.4. The summed E-state index contributed by atoms with van der Waals surface area (Å²) >= 11 is 0. The third kappa shape index (κ3) is 4.14. The van der Waals surface area contributed by atoms with E-state index in [9.17, 15) is 4.79 Å². The first-order valence-corrected chi connectivity index (χ1v) is 7.17. The van der Waals surface area contributed by atoms with Crippen LogP contribution in [0.15, 0.2) is 0 Å². The minimum atomic E-state index is 0.131. The molecule has 1 aliphatic heterocycles. The lowest BCUT2D eigenvalue weighted by Gasteiger charge is -2.24. The van der Waals surface area contributed by atoms with E-state index in [0.29, 0.717) is 12.0 Å². The van der Waals surface area contributed by atoms with Gasteiger partial charge in [0, 0.05) is 32.2 Å². The van der Waals surface area contributed by atoms with Crippen molar-refractivity contribution in [3.05, 3.63) is 0 Å². The Morgan fingerprint density at radius 3 is 2.78 bits per heavy atom. The molecular formula is C13H26N4O. The van der Waals surface area contributed by atoms with E-state index in [0.717, 1.165) is 58.5 Å². The highest BCUT2D eigenvalue weighted by Crippen LogP contribution is 2.19. The molecule has 3 N–H and O–H groups in total. The van der Waals surface area contributed by atoms with E-state index in [1.165, 1.54) is 0 Å². The molecule has 1 heterocycles. The molecule has 0 bridgehead atoms. The Hall–Kier alpha value is -0.810. The minimum absolute atomic E-state index is 0.131. The number of carbonyl (C=O) groups excluding carboxylic acids is 1. The third-order valence-electron chi connectivity index (χ3n) is 3.75. The standard InChI is InChI=1S/C13H26N4O/c1-11(9-14)10-16-5-2-6-17(8-7-16)13(18)15-12-3-4-12/h11-12H,2-10,14H2,1H3,(H,15,18). The van der Waals surface area contributed by atoms with Crippen LogP contribution in [-0.4, -0.2) is 61.1 Å². The number of nitrogens with two attached hydrogens (primary N) is 1. The van der Waals surface area contributed by atoms with Crippen molar-refractivity contribution in [1.82, 2.24) is 15.1 Å². The second-order valence-electron chi connectivity index (χ2n) is 5.71. The quantitative estimate of drug-likeness (QED) is 0.766. The number of carbonyl (C=O) groups is 1. The summed E-state index contributed by atoms with van der Waals surface area (Å²) in [5, 5.41) is 3.07. The summed E-state index contributed by atoms with van der Waals surface area (Å²) in [5.41, 5.74) is 5.66. The zero-order valence-corrected chi connectivity index (χ0v) is 11.4. The lowest BCUT2D eigenvalue weighted by molar-refractivity contribution is 0.196. The van der Waals surface area contributed by atoms with Crippen molar-refractivity contribution >= 4 is 6.03 Å². The second-order valence-corrected chi connectivity index (χ2v) is 5.71. The molecule has 1 saturated heterocycles.